The van der Waals surface area contributed by atoms with Crippen molar-refractivity contribution in [3.8, 4) is 5.75 Å². The van der Waals surface area contributed by atoms with Crippen LogP contribution in [0.2, 0.25) is 0 Å². The van der Waals surface area contributed by atoms with Gasteiger partial charge >= 0.3 is 0 Å². The van der Waals surface area contributed by atoms with Crippen LogP contribution in [0, 0.1) is 20.8 Å². The number of benzene rings is 1. The zero-order valence-corrected chi connectivity index (χ0v) is 13.8. The summed E-state index contributed by atoms with van der Waals surface area (Å²) < 4.78 is 5.34. The molecule has 1 aromatic carbocycles. The van der Waals surface area contributed by atoms with Crippen LogP contribution in [0.4, 0.5) is 0 Å². The molecule has 0 amide bonds. The first-order valence-corrected chi connectivity index (χ1v) is 7.60. The molecule has 21 heavy (non-hydrogen) atoms. The van der Waals surface area contributed by atoms with Crippen LogP contribution in [-0.2, 0) is 0 Å². The highest BCUT2D eigenvalue weighted by atomic mass is 32.2. The second-order valence-corrected chi connectivity index (χ2v) is 5.96. The fourth-order valence-electron chi connectivity index (χ4n) is 2.09. The molecule has 0 aliphatic carbocycles. The molecule has 1 heterocycles. The van der Waals surface area contributed by atoms with E-state index in [0.29, 0.717) is 10.9 Å². The van der Waals surface area contributed by atoms with Gasteiger partial charge in [-0.1, -0.05) is 6.07 Å². The number of nitrogens with zero attached hydrogens (tertiary/aromatic N) is 2. The molecule has 1 atom stereocenters. The minimum absolute atomic E-state index is 0.615. The summed E-state index contributed by atoms with van der Waals surface area (Å²) in [6, 6.07) is 5.70. The van der Waals surface area contributed by atoms with Crippen LogP contribution in [-0.4, -0.2) is 22.2 Å². The van der Waals surface area contributed by atoms with Gasteiger partial charge in [0.2, 0.25) is 0 Å². The van der Waals surface area contributed by atoms with Crippen molar-refractivity contribution < 1.29 is 9.84 Å². The number of hydrogen-bond acceptors (Lipinski definition) is 5. The maximum absolute atomic E-state index is 10.0. The van der Waals surface area contributed by atoms with Crippen molar-refractivity contribution in [2.75, 3.05) is 7.11 Å². The van der Waals surface area contributed by atoms with Crippen molar-refractivity contribution in [3.63, 3.8) is 0 Å². The molecule has 2 aromatic rings. The molecule has 0 spiro atoms. The van der Waals surface area contributed by atoms with Crippen LogP contribution in [0.3, 0.4) is 0 Å². The molecular formula is C16H20N2O2S. The number of methoxy groups -OCH3 is 1. The van der Waals surface area contributed by atoms with Gasteiger partial charge < -0.3 is 9.84 Å². The topological polar surface area (TPSA) is 55.2 Å². The van der Waals surface area contributed by atoms with Gasteiger partial charge in [-0.05, 0) is 57.2 Å². The molecule has 0 bridgehead atoms. The van der Waals surface area contributed by atoms with Crippen LogP contribution in [0.25, 0.3) is 0 Å². The minimum atomic E-state index is -0.615. The lowest BCUT2D eigenvalue weighted by Crippen LogP contribution is -2.01. The Morgan fingerprint density at radius 3 is 2.29 bits per heavy atom. The van der Waals surface area contributed by atoms with E-state index in [4.69, 9.17) is 4.74 Å². The summed E-state index contributed by atoms with van der Waals surface area (Å²) >= 11 is 1.45. The van der Waals surface area contributed by atoms with E-state index in [-0.39, 0.29) is 0 Å². The Hall–Kier alpha value is -1.59. The van der Waals surface area contributed by atoms with Crippen molar-refractivity contribution in [1.82, 2.24) is 9.97 Å². The second kappa shape index (κ2) is 6.45. The summed E-state index contributed by atoms with van der Waals surface area (Å²) in [4.78, 5) is 9.94. The maximum atomic E-state index is 10.0. The zero-order valence-electron chi connectivity index (χ0n) is 13.0. The van der Waals surface area contributed by atoms with E-state index in [9.17, 15) is 5.11 Å². The Morgan fingerprint density at radius 2 is 1.76 bits per heavy atom. The van der Waals surface area contributed by atoms with Crippen molar-refractivity contribution in [2.24, 2.45) is 0 Å². The monoisotopic (exact) mass is 304 g/mol. The number of aliphatic hydroxyl groups is 1. The van der Waals surface area contributed by atoms with Crippen molar-refractivity contribution in [1.29, 1.82) is 0 Å². The third kappa shape index (κ3) is 3.36. The van der Waals surface area contributed by atoms with Crippen LogP contribution >= 0.6 is 11.8 Å². The molecule has 0 saturated carbocycles. The standard InChI is InChI=1S/C16H20N2O2S/c1-9-10(2)17-16(18-11(9)3)21-14-8-6-7-13(20-5)15(14)12(4)19/h6-8,12,19H,1-5H3/t12-/m0/s1. The highest BCUT2D eigenvalue weighted by Crippen LogP contribution is 2.37. The number of ether oxygens (including phenoxy) is 1. The maximum Gasteiger partial charge on any atom is 0.192 e. The average molecular weight is 304 g/mol. The number of aromatic nitrogens is 2. The zero-order chi connectivity index (χ0) is 15.6. The lowest BCUT2D eigenvalue weighted by Gasteiger charge is -2.15. The molecule has 1 aromatic heterocycles. The SMILES string of the molecule is COc1cccc(Sc2nc(C)c(C)c(C)n2)c1[C@H](C)O. The average Bonchev–Trinajstić information content (AvgIpc) is 2.44. The molecule has 5 heteroatoms. The van der Waals surface area contributed by atoms with Gasteiger partial charge in [0.05, 0.1) is 13.2 Å². The van der Waals surface area contributed by atoms with Crippen molar-refractivity contribution >= 4 is 11.8 Å². The lowest BCUT2D eigenvalue weighted by molar-refractivity contribution is 0.191. The Bertz CT molecular complexity index is 634. The van der Waals surface area contributed by atoms with E-state index in [0.717, 1.165) is 27.4 Å². The summed E-state index contributed by atoms with van der Waals surface area (Å²) in [5.41, 5.74) is 3.84. The van der Waals surface area contributed by atoms with Crippen LogP contribution in [0.5, 0.6) is 5.75 Å². The van der Waals surface area contributed by atoms with Crippen LogP contribution in [0.15, 0.2) is 28.3 Å². The van der Waals surface area contributed by atoms with E-state index in [1.807, 2.05) is 39.0 Å². The molecule has 0 aliphatic rings. The molecular weight excluding hydrogens is 284 g/mol. The van der Waals surface area contributed by atoms with Gasteiger partial charge in [-0.15, -0.1) is 0 Å². The molecule has 0 fully saturated rings. The smallest absolute Gasteiger partial charge is 0.192 e. The van der Waals surface area contributed by atoms with Crippen molar-refractivity contribution in [2.45, 2.75) is 43.9 Å². The highest BCUT2D eigenvalue weighted by Gasteiger charge is 2.16. The third-order valence-electron chi connectivity index (χ3n) is 3.48. The van der Waals surface area contributed by atoms with Gasteiger partial charge in [-0.3, -0.25) is 0 Å². The van der Waals surface area contributed by atoms with E-state index in [1.54, 1.807) is 14.0 Å². The fraction of sp³-hybridized carbons (Fsp3) is 0.375. The molecule has 0 radical (unpaired) electrons. The second-order valence-electron chi connectivity index (χ2n) is 4.95. The fourth-order valence-corrected chi connectivity index (χ4v) is 3.18. The van der Waals surface area contributed by atoms with Gasteiger partial charge in [0.25, 0.3) is 0 Å². The molecule has 4 nitrogen and oxygen atoms in total. The molecule has 0 aliphatic heterocycles. The summed E-state index contributed by atoms with van der Waals surface area (Å²) in [6.45, 7) is 7.71. The third-order valence-corrected chi connectivity index (χ3v) is 4.42. The molecule has 0 saturated heterocycles. The highest BCUT2D eigenvalue weighted by molar-refractivity contribution is 7.99. The summed E-state index contributed by atoms with van der Waals surface area (Å²) in [5.74, 6) is 0.676. The predicted octanol–water partition coefficient (Wildman–Crippen LogP) is 3.61. The Balaban J connectivity index is 2.44. The van der Waals surface area contributed by atoms with Crippen LogP contribution in [0.1, 0.15) is 35.5 Å². The van der Waals surface area contributed by atoms with E-state index < -0.39 is 6.10 Å². The molecule has 1 N–H and O–H groups in total. The first-order valence-electron chi connectivity index (χ1n) is 6.78. The summed E-state index contributed by atoms with van der Waals surface area (Å²) in [6.07, 6.45) is -0.615. The Kier molecular flexibility index (Phi) is 4.85. The van der Waals surface area contributed by atoms with E-state index in [2.05, 4.69) is 9.97 Å². The lowest BCUT2D eigenvalue weighted by atomic mass is 10.1. The first kappa shape index (κ1) is 15.8. The number of aryl methyl sites for hydroxylation is 2. The van der Waals surface area contributed by atoms with E-state index >= 15 is 0 Å². The Morgan fingerprint density at radius 1 is 1.14 bits per heavy atom. The molecule has 0 unspecified atom stereocenters. The summed E-state index contributed by atoms with van der Waals surface area (Å²) in [7, 11) is 1.60. The van der Waals surface area contributed by atoms with Gasteiger partial charge in [0.15, 0.2) is 5.16 Å². The number of rotatable bonds is 4. The normalized spacial score (nSPS) is 12.3. The molecule has 112 valence electrons. The first-order chi connectivity index (χ1) is 9.93. The molecule has 2 rings (SSSR count). The quantitative estimate of drug-likeness (QED) is 0.874. The van der Waals surface area contributed by atoms with Gasteiger partial charge in [-0.2, -0.15) is 0 Å². The largest absolute Gasteiger partial charge is 0.496 e. The van der Waals surface area contributed by atoms with Crippen LogP contribution < -0.4 is 4.74 Å². The predicted molar refractivity (Wildman–Crippen MR) is 84.0 cm³/mol. The van der Waals surface area contributed by atoms with Gasteiger partial charge in [0, 0.05) is 21.8 Å². The van der Waals surface area contributed by atoms with Gasteiger partial charge in [0.1, 0.15) is 5.75 Å². The van der Waals surface area contributed by atoms with E-state index in [1.165, 1.54) is 11.8 Å². The summed E-state index contributed by atoms with van der Waals surface area (Å²) in [5, 5.41) is 10.7. The van der Waals surface area contributed by atoms with Gasteiger partial charge in [-0.25, -0.2) is 9.97 Å². The number of hydrogen-bond donors (Lipinski definition) is 1. The minimum Gasteiger partial charge on any atom is -0.496 e. The van der Waals surface area contributed by atoms with Crippen molar-refractivity contribution in [3.05, 3.63) is 40.7 Å². The Labute approximate surface area is 129 Å². The number of aliphatic hydroxyl groups excluding tert-OH is 1.